The van der Waals surface area contributed by atoms with Crippen LogP contribution in [0.1, 0.15) is 105 Å². The van der Waals surface area contributed by atoms with Crippen LogP contribution in [0.2, 0.25) is 0 Å². The van der Waals surface area contributed by atoms with E-state index in [2.05, 4.69) is 47.0 Å². The molecule has 0 aromatic heterocycles. The minimum atomic E-state index is 0.362. The lowest BCUT2D eigenvalue weighted by molar-refractivity contribution is -0.0691. The van der Waals surface area contributed by atoms with Crippen LogP contribution in [-0.4, -0.2) is 64.4 Å². The Bertz CT molecular complexity index is 800. The van der Waals surface area contributed by atoms with Crippen molar-refractivity contribution in [3.8, 4) is 0 Å². The van der Waals surface area contributed by atoms with Gasteiger partial charge in [0.15, 0.2) is 0 Å². The Morgan fingerprint density at radius 2 is 1.54 bits per heavy atom. The molecular weight excluding hydrogens is 528 g/mol. The molecule has 0 amide bonds. The number of ether oxygens (including phenoxy) is 4. The van der Waals surface area contributed by atoms with Crippen molar-refractivity contribution in [2.45, 2.75) is 111 Å². The van der Waals surface area contributed by atoms with Gasteiger partial charge in [-0.25, -0.2) is 0 Å². The summed E-state index contributed by atoms with van der Waals surface area (Å²) in [7, 11) is 0. The van der Waals surface area contributed by atoms with E-state index in [1.165, 1.54) is 64.2 Å². The molecule has 5 heteroatoms. The van der Waals surface area contributed by atoms with E-state index in [1.54, 1.807) is 17.3 Å². The van der Waals surface area contributed by atoms with Gasteiger partial charge in [-0.15, -0.1) is 0 Å². The summed E-state index contributed by atoms with van der Waals surface area (Å²) in [6, 6.07) is 0. The zero-order chi connectivity index (χ0) is 29.3. The van der Waals surface area contributed by atoms with Crippen LogP contribution in [0.15, 0.2) is 11.6 Å². The molecule has 0 heterocycles. The first kappa shape index (κ1) is 33.8. The van der Waals surface area contributed by atoms with E-state index in [1.807, 2.05) is 0 Å². The van der Waals surface area contributed by atoms with Crippen molar-refractivity contribution in [1.82, 2.24) is 0 Å². The summed E-state index contributed by atoms with van der Waals surface area (Å²) < 4.78 is 23.2. The monoisotopic (exact) mass is 592 g/mol. The fourth-order valence-corrected chi connectivity index (χ4v) is 10.0. The number of thioether (sulfide) groups is 1. The highest BCUT2D eigenvalue weighted by molar-refractivity contribution is 7.98. The molecule has 41 heavy (non-hydrogen) atoms. The third-order valence-corrected chi connectivity index (χ3v) is 12.6. The Labute approximate surface area is 257 Å². The summed E-state index contributed by atoms with van der Waals surface area (Å²) in [5, 5.41) is 0. The van der Waals surface area contributed by atoms with Crippen molar-refractivity contribution in [3.63, 3.8) is 0 Å². The second-order valence-corrected chi connectivity index (χ2v) is 15.8. The fourth-order valence-electron chi connectivity index (χ4n) is 9.75. The normalized spacial score (nSPS) is 35.6. The molecule has 0 radical (unpaired) electrons. The van der Waals surface area contributed by atoms with Gasteiger partial charge in [-0.1, -0.05) is 65.5 Å². The molecule has 0 saturated heterocycles. The lowest BCUT2D eigenvalue weighted by Gasteiger charge is -2.58. The summed E-state index contributed by atoms with van der Waals surface area (Å²) in [5.74, 6) is 6.46. The maximum atomic E-state index is 6.34. The molecule has 3 fully saturated rings. The molecule has 0 bridgehead atoms. The number of hydrogen-bond acceptors (Lipinski definition) is 5. The third kappa shape index (κ3) is 8.56. The van der Waals surface area contributed by atoms with Crippen molar-refractivity contribution < 1.29 is 18.9 Å². The first-order chi connectivity index (χ1) is 19.8. The summed E-state index contributed by atoms with van der Waals surface area (Å²) in [4.78, 5) is 0. The van der Waals surface area contributed by atoms with Gasteiger partial charge in [0.2, 0.25) is 0 Å². The summed E-state index contributed by atoms with van der Waals surface area (Å²) in [6.45, 7) is 17.4. The first-order valence-electron chi connectivity index (χ1n) is 17.3. The quantitative estimate of drug-likeness (QED) is 0.117. The van der Waals surface area contributed by atoms with E-state index in [-0.39, 0.29) is 0 Å². The predicted molar refractivity (Wildman–Crippen MR) is 174 cm³/mol. The molecule has 4 nitrogen and oxygen atoms in total. The Kier molecular flexibility index (Phi) is 13.4. The summed E-state index contributed by atoms with van der Waals surface area (Å²) in [5.41, 5.74) is 2.70. The maximum Gasteiger partial charge on any atom is 0.0704 e. The van der Waals surface area contributed by atoms with Gasteiger partial charge in [-0.2, -0.15) is 11.8 Å². The highest BCUT2D eigenvalue weighted by Gasteiger charge is 2.59. The fraction of sp³-hybridized carbons (Fsp3) is 0.944. The molecular formula is C36H64O4S. The van der Waals surface area contributed by atoms with Crippen LogP contribution in [0.4, 0.5) is 0 Å². The van der Waals surface area contributed by atoms with Crippen molar-refractivity contribution in [2.75, 3.05) is 58.3 Å². The standard InChI is InChI=1S/C36H64O4S/c1-27(2)8-7-9-28(3)32-12-13-33-31-11-10-29-26-30(14-16-35(29,4)34(31)15-17-36(32,33)5)40-23-22-38-19-18-37-20-21-39-24-25-41-6/h10,27-28,30-34H,7-9,11-26H2,1-6H3. The van der Waals surface area contributed by atoms with E-state index in [4.69, 9.17) is 18.9 Å². The van der Waals surface area contributed by atoms with Gasteiger partial charge in [0, 0.05) is 5.75 Å². The largest absolute Gasteiger partial charge is 0.378 e. The van der Waals surface area contributed by atoms with Crippen LogP contribution in [-0.2, 0) is 18.9 Å². The molecule has 0 aromatic rings. The zero-order valence-corrected chi connectivity index (χ0v) is 28.4. The van der Waals surface area contributed by atoms with Crippen LogP contribution in [0.5, 0.6) is 0 Å². The lowest BCUT2D eigenvalue weighted by atomic mass is 9.47. The summed E-state index contributed by atoms with van der Waals surface area (Å²) in [6.07, 6.45) is 20.3. The smallest absolute Gasteiger partial charge is 0.0704 e. The molecule has 0 N–H and O–H groups in total. The highest BCUT2D eigenvalue weighted by Crippen LogP contribution is 2.67. The Balaban J connectivity index is 1.18. The molecule has 0 aliphatic heterocycles. The second kappa shape index (κ2) is 16.3. The molecule has 8 atom stereocenters. The predicted octanol–water partition coefficient (Wildman–Crippen LogP) is 8.83. The van der Waals surface area contributed by atoms with Gasteiger partial charge in [0.1, 0.15) is 0 Å². The van der Waals surface area contributed by atoms with Crippen molar-refractivity contribution in [2.24, 2.45) is 46.3 Å². The number of rotatable bonds is 18. The van der Waals surface area contributed by atoms with E-state index in [9.17, 15) is 0 Å². The molecule has 0 spiro atoms. The average molecular weight is 593 g/mol. The Hall–Kier alpha value is -0.0700. The van der Waals surface area contributed by atoms with Crippen molar-refractivity contribution in [3.05, 3.63) is 11.6 Å². The zero-order valence-electron chi connectivity index (χ0n) is 27.6. The maximum absolute atomic E-state index is 6.34. The van der Waals surface area contributed by atoms with Gasteiger partial charge < -0.3 is 18.9 Å². The van der Waals surface area contributed by atoms with Gasteiger partial charge in [0.05, 0.1) is 52.4 Å². The van der Waals surface area contributed by atoms with E-state index < -0.39 is 0 Å². The average Bonchev–Trinajstić information content (AvgIpc) is 3.30. The van der Waals surface area contributed by atoms with Crippen LogP contribution in [0.25, 0.3) is 0 Å². The van der Waals surface area contributed by atoms with Crippen molar-refractivity contribution in [1.29, 1.82) is 0 Å². The minimum absolute atomic E-state index is 0.362. The van der Waals surface area contributed by atoms with Gasteiger partial charge in [-0.05, 0) is 104 Å². The van der Waals surface area contributed by atoms with Crippen molar-refractivity contribution >= 4 is 11.8 Å². The molecule has 4 rings (SSSR count). The minimum Gasteiger partial charge on any atom is -0.378 e. The molecule has 3 saturated carbocycles. The Morgan fingerprint density at radius 3 is 2.24 bits per heavy atom. The number of hydrogen-bond donors (Lipinski definition) is 0. The molecule has 4 aliphatic carbocycles. The van der Waals surface area contributed by atoms with E-state index in [0.29, 0.717) is 56.6 Å². The van der Waals surface area contributed by atoms with Crippen LogP contribution >= 0.6 is 11.8 Å². The molecule has 4 aliphatic rings. The molecule has 8 unspecified atom stereocenters. The molecule has 0 aromatic carbocycles. The Morgan fingerprint density at radius 1 is 0.829 bits per heavy atom. The lowest BCUT2D eigenvalue weighted by Crippen LogP contribution is -2.51. The highest BCUT2D eigenvalue weighted by atomic mass is 32.2. The SMILES string of the molecule is CSCCOCCOCCOCCOC1CCC2(C)C(=CCC3C2CCC2(C)C(C(C)CCCC(C)C)CCC32)C1. The first-order valence-corrected chi connectivity index (χ1v) is 18.7. The van der Waals surface area contributed by atoms with E-state index >= 15 is 0 Å². The van der Waals surface area contributed by atoms with Gasteiger partial charge >= 0.3 is 0 Å². The summed E-state index contributed by atoms with van der Waals surface area (Å²) >= 11 is 1.81. The molecule has 238 valence electrons. The van der Waals surface area contributed by atoms with Crippen LogP contribution in [0, 0.1) is 46.3 Å². The van der Waals surface area contributed by atoms with Crippen LogP contribution < -0.4 is 0 Å². The third-order valence-electron chi connectivity index (χ3n) is 12.0. The topological polar surface area (TPSA) is 36.9 Å². The number of fused-ring (bicyclic) bond motifs is 5. The number of allylic oxidation sites excluding steroid dienone is 1. The van der Waals surface area contributed by atoms with Crippen LogP contribution in [0.3, 0.4) is 0 Å². The van der Waals surface area contributed by atoms with E-state index in [0.717, 1.165) is 54.3 Å². The van der Waals surface area contributed by atoms with Gasteiger partial charge in [0.25, 0.3) is 0 Å². The van der Waals surface area contributed by atoms with Gasteiger partial charge in [-0.3, -0.25) is 0 Å². The second-order valence-electron chi connectivity index (χ2n) is 14.9.